The van der Waals surface area contributed by atoms with Crippen molar-refractivity contribution in [2.24, 2.45) is 7.05 Å². The molecule has 0 aliphatic rings. The Morgan fingerprint density at radius 1 is 1.44 bits per heavy atom. The van der Waals surface area contributed by atoms with E-state index in [1.807, 2.05) is 17.7 Å². The third kappa shape index (κ3) is 1.17. The number of imidazole rings is 1. The number of hydrogen-bond acceptors (Lipinski definition) is 2. The molecule has 16 heavy (non-hydrogen) atoms. The zero-order chi connectivity index (χ0) is 11.3. The van der Waals surface area contributed by atoms with Gasteiger partial charge in [-0.05, 0) is 12.1 Å². The second-order valence-electron chi connectivity index (χ2n) is 3.71. The standard InChI is InChI=1S/C11H8ClN3O/c1-14-6-13-9-5-15(16)10-4-7(12)2-3-8(10)11(9)14/h2-6H,1H3. The van der Waals surface area contributed by atoms with Gasteiger partial charge in [0, 0.05) is 18.1 Å². The van der Waals surface area contributed by atoms with Gasteiger partial charge in [0.05, 0.1) is 17.2 Å². The van der Waals surface area contributed by atoms with Crippen molar-refractivity contribution in [1.29, 1.82) is 0 Å². The number of benzene rings is 1. The zero-order valence-corrected chi connectivity index (χ0v) is 9.27. The fourth-order valence-electron chi connectivity index (χ4n) is 1.94. The molecule has 0 amide bonds. The van der Waals surface area contributed by atoms with Crippen LogP contribution in [0.5, 0.6) is 0 Å². The monoisotopic (exact) mass is 233 g/mol. The summed E-state index contributed by atoms with van der Waals surface area (Å²) < 4.78 is 2.70. The first-order valence-electron chi connectivity index (χ1n) is 4.79. The van der Waals surface area contributed by atoms with Crippen molar-refractivity contribution < 1.29 is 4.73 Å². The molecular formula is C11H8ClN3O. The van der Waals surface area contributed by atoms with E-state index in [0.29, 0.717) is 16.1 Å². The summed E-state index contributed by atoms with van der Waals surface area (Å²) in [6.45, 7) is 0. The van der Waals surface area contributed by atoms with Crippen molar-refractivity contribution in [3.05, 3.63) is 41.0 Å². The first-order valence-corrected chi connectivity index (χ1v) is 5.17. The average Bonchev–Trinajstić information content (AvgIpc) is 2.61. The molecule has 2 heterocycles. The number of aromatic nitrogens is 3. The number of hydrogen-bond donors (Lipinski definition) is 0. The van der Waals surface area contributed by atoms with Gasteiger partial charge in [-0.2, -0.15) is 4.73 Å². The van der Waals surface area contributed by atoms with E-state index in [0.717, 1.165) is 15.6 Å². The SMILES string of the molecule is Cn1cnc2c[n+]([O-])c3cc(Cl)ccc3c21. The van der Waals surface area contributed by atoms with E-state index in [2.05, 4.69) is 4.98 Å². The second-order valence-corrected chi connectivity index (χ2v) is 4.14. The number of pyridine rings is 1. The van der Waals surface area contributed by atoms with Gasteiger partial charge in [-0.1, -0.05) is 11.6 Å². The Balaban J connectivity index is 2.62. The van der Waals surface area contributed by atoms with Crippen LogP contribution in [0.2, 0.25) is 5.02 Å². The van der Waals surface area contributed by atoms with Gasteiger partial charge in [0.1, 0.15) is 0 Å². The molecule has 80 valence electrons. The van der Waals surface area contributed by atoms with Gasteiger partial charge in [-0.15, -0.1) is 0 Å². The van der Waals surface area contributed by atoms with Gasteiger partial charge in [-0.25, -0.2) is 4.98 Å². The van der Waals surface area contributed by atoms with E-state index in [4.69, 9.17) is 11.6 Å². The minimum Gasteiger partial charge on any atom is -0.618 e. The predicted molar refractivity (Wildman–Crippen MR) is 62.2 cm³/mol. The van der Waals surface area contributed by atoms with Crippen LogP contribution in [0.4, 0.5) is 0 Å². The van der Waals surface area contributed by atoms with Gasteiger partial charge < -0.3 is 9.77 Å². The molecule has 0 saturated carbocycles. The summed E-state index contributed by atoms with van der Waals surface area (Å²) in [5.74, 6) is 0. The summed E-state index contributed by atoms with van der Waals surface area (Å²) in [7, 11) is 1.90. The maximum atomic E-state index is 11.8. The Morgan fingerprint density at radius 2 is 2.25 bits per heavy atom. The third-order valence-corrected chi connectivity index (χ3v) is 2.89. The first kappa shape index (κ1) is 9.42. The van der Waals surface area contributed by atoms with Crippen LogP contribution < -0.4 is 4.73 Å². The zero-order valence-electron chi connectivity index (χ0n) is 8.51. The smallest absolute Gasteiger partial charge is 0.227 e. The largest absolute Gasteiger partial charge is 0.618 e. The molecule has 3 rings (SSSR count). The summed E-state index contributed by atoms with van der Waals surface area (Å²) in [4.78, 5) is 4.16. The second kappa shape index (κ2) is 3.09. The van der Waals surface area contributed by atoms with Crippen molar-refractivity contribution >= 4 is 33.5 Å². The highest BCUT2D eigenvalue weighted by Crippen LogP contribution is 2.23. The highest BCUT2D eigenvalue weighted by molar-refractivity contribution is 6.31. The molecular weight excluding hydrogens is 226 g/mol. The van der Waals surface area contributed by atoms with Gasteiger partial charge in [-0.3, -0.25) is 0 Å². The van der Waals surface area contributed by atoms with Crippen LogP contribution in [0.3, 0.4) is 0 Å². The predicted octanol–water partition coefficient (Wildman–Crippen LogP) is 2.01. The summed E-state index contributed by atoms with van der Waals surface area (Å²) in [5, 5.41) is 13.2. The number of fused-ring (bicyclic) bond motifs is 3. The van der Waals surface area contributed by atoms with Crippen LogP contribution >= 0.6 is 11.6 Å². The van der Waals surface area contributed by atoms with Crippen molar-refractivity contribution in [1.82, 2.24) is 9.55 Å². The van der Waals surface area contributed by atoms with Crippen LogP contribution in [0.1, 0.15) is 0 Å². The van der Waals surface area contributed by atoms with Crippen molar-refractivity contribution in [3.63, 3.8) is 0 Å². The maximum absolute atomic E-state index is 11.8. The molecule has 0 N–H and O–H groups in total. The molecule has 0 aliphatic carbocycles. The third-order valence-electron chi connectivity index (χ3n) is 2.66. The highest BCUT2D eigenvalue weighted by atomic mass is 35.5. The Hall–Kier alpha value is -1.81. The molecule has 1 aromatic carbocycles. The Kier molecular flexibility index (Phi) is 1.82. The first-order chi connectivity index (χ1) is 7.66. The lowest BCUT2D eigenvalue weighted by Gasteiger charge is -2.04. The van der Waals surface area contributed by atoms with Crippen molar-refractivity contribution in [3.8, 4) is 0 Å². The fraction of sp³-hybridized carbons (Fsp3) is 0.0909. The van der Waals surface area contributed by atoms with E-state index in [-0.39, 0.29) is 0 Å². The summed E-state index contributed by atoms with van der Waals surface area (Å²) in [6, 6.07) is 5.28. The van der Waals surface area contributed by atoms with Crippen molar-refractivity contribution in [2.45, 2.75) is 0 Å². The summed E-state index contributed by atoms with van der Waals surface area (Å²) in [6.07, 6.45) is 3.16. The topological polar surface area (TPSA) is 44.8 Å². The lowest BCUT2D eigenvalue weighted by Crippen LogP contribution is -2.26. The minimum absolute atomic E-state index is 0.554. The Bertz CT molecular complexity index is 705. The molecule has 0 spiro atoms. The Morgan fingerprint density at radius 3 is 3.06 bits per heavy atom. The van der Waals surface area contributed by atoms with E-state index >= 15 is 0 Å². The van der Waals surface area contributed by atoms with Gasteiger partial charge >= 0.3 is 0 Å². The molecule has 0 saturated heterocycles. The van der Waals surface area contributed by atoms with Crippen LogP contribution in [-0.4, -0.2) is 9.55 Å². The van der Waals surface area contributed by atoms with Crippen LogP contribution in [0.25, 0.3) is 21.9 Å². The van der Waals surface area contributed by atoms with Gasteiger partial charge in [0.15, 0.2) is 5.52 Å². The lowest BCUT2D eigenvalue weighted by molar-refractivity contribution is -0.575. The highest BCUT2D eigenvalue weighted by Gasteiger charge is 2.13. The number of rotatable bonds is 0. The van der Waals surface area contributed by atoms with Crippen molar-refractivity contribution in [2.75, 3.05) is 0 Å². The van der Waals surface area contributed by atoms with Crippen LogP contribution in [0.15, 0.2) is 30.7 Å². The maximum Gasteiger partial charge on any atom is 0.227 e. The number of nitrogens with zero attached hydrogens (tertiary/aromatic N) is 3. The molecule has 0 atom stereocenters. The Labute approximate surface area is 96.3 Å². The molecule has 5 heteroatoms. The van der Waals surface area contributed by atoms with E-state index in [9.17, 15) is 5.21 Å². The number of halogens is 1. The molecule has 0 unspecified atom stereocenters. The van der Waals surface area contributed by atoms with E-state index in [1.54, 1.807) is 18.5 Å². The van der Waals surface area contributed by atoms with Gasteiger partial charge in [0.2, 0.25) is 11.7 Å². The summed E-state index contributed by atoms with van der Waals surface area (Å²) >= 11 is 5.88. The lowest BCUT2D eigenvalue weighted by atomic mass is 10.2. The number of aryl methyl sites for hydroxylation is 1. The molecule has 0 fully saturated rings. The van der Waals surface area contributed by atoms with Crippen LogP contribution in [0, 0.1) is 5.21 Å². The molecule has 2 aromatic heterocycles. The quantitative estimate of drug-likeness (QED) is 0.440. The van der Waals surface area contributed by atoms with E-state index in [1.165, 1.54) is 6.20 Å². The fourth-order valence-corrected chi connectivity index (χ4v) is 2.11. The van der Waals surface area contributed by atoms with E-state index < -0.39 is 0 Å². The van der Waals surface area contributed by atoms with Gasteiger partial charge in [0.25, 0.3) is 0 Å². The molecule has 0 aliphatic heterocycles. The minimum atomic E-state index is 0.554. The van der Waals surface area contributed by atoms with Crippen LogP contribution in [-0.2, 0) is 7.05 Å². The molecule has 0 bridgehead atoms. The average molecular weight is 234 g/mol. The molecule has 3 aromatic rings. The molecule has 0 radical (unpaired) electrons. The normalized spacial score (nSPS) is 11.4. The molecule has 4 nitrogen and oxygen atoms in total. The summed E-state index contributed by atoms with van der Waals surface area (Å²) in [5.41, 5.74) is 2.19.